The topological polar surface area (TPSA) is 39.7 Å². The first-order chi connectivity index (χ1) is 8.38. The summed E-state index contributed by atoms with van der Waals surface area (Å²) in [6.45, 7) is 5.78. The maximum Gasteiger partial charge on any atom is 0.191 e. The van der Waals surface area contributed by atoms with Crippen LogP contribution in [0.2, 0.25) is 0 Å². The smallest absolute Gasteiger partial charge is 0.191 e. The summed E-state index contributed by atoms with van der Waals surface area (Å²) in [5, 5.41) is 6.79. The largest absolute Gasteiger partial charge is 0.356 e. The van der Waals surface area contributed by atoms with Gasteiger partial charge in [0.1, 0.15) is 0 Å². The van der Waals surface area contributed by atoms with Gasteiger partial charge in [-0.3, -0.25) is 4.99 Å². The number of guanidine groups is 1. The molecule has 1 saturated heterocycles. The molecule has 1 aliphatic carbocycles. The van der Waals surface area contributed by atoms with Crippen LogP contribution in [0.15, 0.2) is 4.99 Å². The fourth-order valence-corrected chi connectivity index (χ4v) is 2.30. The molecule has 1 heterocycles. The molecule has 4 nitrogen and oxygen atoms in total. The third-order valence-corrected chi connectivity index (χ3v) is 3.65. The molecule has 2 N–H and O–H groups in total. The number of hydrogen-bond donors (Lipinski definition) is 2. The molecule has 0 atom stereocenters. The number of rotatable bonds is 5. The molecule has 0 amide bonds. The molecule has 2 fully saturated rings. The van der Waals surface area contributed by atoms with Gasteiger partial charge in [-0.1, -0.05) is 6.42 Å². The Morgan fingerprint density at radius 1 is 1.18 bits per heavy atom. The molecule has 0 aromatic rings. The van der Waals surface area contributed by atoms with E-state index in [4.69, 9.17) is 0 Å². The van der Waals surface area contributed by atoms with Crippen molar-refractivity contribution in [3.63, 3.8) is 0 Å². The first-order valence-electron chi connectivity index (χ1n) is 7.05. The Hall–Kier alpha value is -0.770. The van der Waals surface area contributed by atoms with Crippen molar-refractivity contribution in [2.45, 2.75) is 32.1 Å². The Bertz CT molecular complexity index is 242. The fourth-order valence-electron chi connectivity index (χ4n) is 2.30. The lowest BCUT2D eigenvalue weighted by molar-refractivity contribution is 0.232. The molecule has 0 bridgehead atoms. The summed E-state index contributed by atoms with van der Waals surface area (Å²) in [6.07, 6.45) is 6.92. The molecule has 0 aromatic heterocycles. The maximum absolute atomic E-state index is 4.25. The van der Waals surface area contributed by atoms with Crippen molar-refractivity contribution in [1.29, 1.82) is 0 Å². The predicted molar refractivity (Wildman–Crippen MR) is 72.4 cm³/mol. The molecule has 1 aliphatic heterocycles. The van der Waals surface area contributed by atoms with Crippen LogP contribution < -0.4 is 10.6 Å². The van der Waals surface area contributed by atoms with Crippen LogP contribution in [-0.2, 0) is 0 Å². The summed E-state index contributed by atoms with van der Waals surface area (Å²) in [5.74, 6) is 1.87. The van der Waals surface area contributed by atoms with Gasteiger partial charge in [0.25, 0.3) is 0 Å². The second-order valence-electron chi connectivity index (χ2n) is 5.23. The van der Waals surface area contributed by atoms with Gasteiger partial charge in [0.15, 0.2) is 5.96 Å². The zero-order valence-electron chi connectivity index (χ0n) is 11.0. The highest BCUT2D eigenvalue weighted by Gasteiger charge is 2.21. The van der Waals surface area contributed by atoms with E-state index in [0.717, 1.165) is 31.5 Å². The molecule has 0 spiro atoms. The number of nitrogens with one attached hydrogen (secondary N) is 2. The van der Waals surface area contributed by atoms with Crippen LogP contribution >= 0.6 is 0 Å². The Labute approximate surface area is 105 Å². The van der Waals surface area contributed by atoms with Crippen molar-refractivity contribution in [2.24, 2.45) is 10.9 Å². The van der Waals surface area contributed by atoms with Crippen molar-refractivity contribution >= 4 is 5.96 Å². The Balaban J connectivity index is 1.55. The summed E-state index contributed by atoms with van der Waals surface area (Å²) in [6, 6.07) is 0. The van der Waals surface area contributed by atoms with Crippen LogP contribution in [0.25, 0.3) is 0 Å². The standard InChI is InChI=1S/C13H26N4/c1-14-13(16-11-12-5-6-12)15-7-10-17-8-3-2-4-9-17/h12H,2-11H2,1H3,(H2,14,15,16). The van der Waals surface area contributed by atoms with Gasteiger partial charge in [0.2, 0.25) is 0 Å². The van der Waals surface area contributed by atoms with Gasteiger partial charge in [-0.15, -0.1) is 0 Å². The number of likely N-dealkylation sites (tertiary alicyclic amines) is 1. The molecule has 0 radical (unpaired) electrons. The first kappa shape index (κ1) is 12.7. The highest BCUT2D eigenvalue weighted by molar-refractivity contribution is 5.79. The van der Waals surface area contributed by atoms with E-state index in [0.29, 0.717) is 0 Å². The van der Waals surface area contributed by atoms with Crippen molar-refractivity contribution in [2.75, 3.05) is 39.8 Å². The van der Waals surface area contributed by atoms with E-state index in [1.165, 1.54) is 45.2 Å². The molecule has 17 heavy (non-hydrogen) atoms. The predicted octanol–water partition coefficient (Wildman–Crippen LogP) is 1.05. The minimum atomic E-state index is 0.899. The van der Waals surface area contributed by atoms with Crippen molar-refractivity contribution in [1.82, 2.24) is 15.5 Å². The van der Waals surface area contributed by atoms with Gasteiger partial charge in [0, 0.05) is 26.7 Å². The fraction of sp³-hybridized carbons (Fsp3) is 0.923. The van der Waals surface area contributed by atoms with Crippen molar-refractivity contribution < 1.29 is 0 Å². The van der Waals surface area contributed by atoms with E-state index >= 15 is 0 Å². The highest BCUT2D eigenvalue weighted by Crippen LogP contribution is 2.27. The van der Waals surface area contributed by atoms with Gasteiger partial charge in [-0.05, 0) is 44.7 Å². The summed E-state index contributed by atoms with van der Waals surface area (Å²) in [4.78, 5) is 6.79. The molecular weight excluding hydrogens is 212 g/mol. The van der Waals surface area contributed by atoms with Crippen LogP contribution in [0.4, 0.5) is 0 Å². The molecular formula is C13H26N4. The van der Waals surface area contributed by atoms with Crippen molar-refractivity contribution in [3.8, 4) is 0 Å². The molecule has 2 rings (SSSR count). The lowest BCUT2D eigenvalue weighted by Crippen LogP contribution is -2.43. The lowest BCUT2D eigenvalue weighted by Gasteiger charge is -2.26. The third kappa shape index (κ3) is 4.94. The van der Waals surface area contributed by atoms with Crippen LogP contribution in [0, 0.1) is 5.92 Å². The first-order valence-corrected chi connectivity index (χ1v) is 7.05. The summed E-state index contributed by atoms with van der Waals surface area (Å²) in [7, 11) is 1.85. The third-order valence-electron chi connectivity index (χ3n) is 3.65. The van der Waals surface area contributed by atoms with E-state index in [2.05, 4.69) is 20.5 Å². The van der Waals surface area contributed by atoms with Gasteiger partial charge < -0.3 is 15.5 Å². The Morgan fingerprint density at radius 3 is 2.59 bits per heavy atom. The van der Waals surface area contributed by atoms with Gasteiger partial charge in [-0.2, -0.15) is 0 Å². The molecule has 0 unspecified atom stereocenters. The Morgan fingerprint density at radius 2 is 1.94 bits per heavy atom. The lowest BCUT2D eigenvalue weighted by atomic mass is 10.1. The zero-order valence-corrected chi connectivity index (χ0v) is 11.0. The summed E-state index contributed by atoms with van der Waals surface area (Å²) in [5.41, 5.74) is 0. The second-order valence-corrected chi connectivity index (χ2v) is 5.23. The van der Waals surface area contributed by atoms with Gasteiger partial charge in [0.05, 0.1) is 0 Å². The van der Waals surface area contributed by atoms with E-state index in [-0.39, 0.29) is 0 Å². The minimum Gasteiger partial charge on any atom is -0.356 e. The average molecular weight is 238 g/mol. The van der Waals surface area contributed by atoms with Crippen LogP contribution in [-0.4, -0.2) is 50.6 Å². The second kappa shape index (κ2) is 6.84. The monoisotopic (exact) mass is 238 g/mol. The quantitative estimate of drug-likeness (QED) is 0.555. The van der Waals surface area contributed by atoms with Crippen molar-refractivity contribution in [3.05, 3.63) is 0 Å². The molecule has 4 heteroatoms. The van der Waals surface area contributed by atoms with Gasteiger partial charge in [-0.25, -0.2) is 0 Å². The van der Waals surface area contributed by atoms with E-state index < -0.39 is 0 Å². The van der Waals surface area contributed by atoms with Crippen LogP contribution in [0.5, 0.6) is 0 Å². The normalized spacial score (nSPS) is 22.5. The summed E-state index contributed by atoms with van der Waals surface area (Å²) >= 11 is 0. The number of hydrogen-bond acceptors (Lipinski definition) is 2. The van der Waals surface area contributed by atoms with Crippen LogP contribution in [0.3, 0.4) is 0 Å². The molecule has 2 aliphatic rings. The van der Waals surface area contributed by atoms with Crippen LogP contribution in [0.1, 0.15) is 32.1 Å². The number of aliphatic imine (C=N–C) groups is 1. The molecule has 1 saturated carbocycles. The Kier molecular flexibility index (Phi) is 5.10. The molecule has 98 valence electrons. The summed E-state index contributed by atoms with van der Waals surface area (Å²) < 4.78 is 0. The van der Waals surface area contributed by atoms with E-state index in [9.17, 15) is 0 Å². The molecule has 0 aromatic carbocycles. The number of piperidine rings is 1. The SMILES string of the molecule is CN=C(NCCN1CCCCC1)NCC1CC1. The zero-order chi connectivity index (χ0) is 11.9. The van der Waals surface area contributed by atoms with E-state index in [1.807, 2.05) is 7.05 Å². The number of nitrogens with zero attached hydrogens (tertiary/aromatic N) is 2. The van der Waals surface area contributed by atoms with Gasteiger partial charge >= 0.3 is 0 Å². The minimum absolute atomic E-state index is 0.899. The average Bonchev–Trinajstić information content (AvgIpc) is 3.19. The maximum atomic E-state index is 4.25. The highest BCUT2D eigenvalue weighted by atomic mass is 15.2. The van der Waals surface area contributed by atoms with E-state index in [1.54, 1.807) is 0 Å².